The van der Waals surface area contributed by atoms with Crippen molar-refractivity contribution in [3.8, 4) is 5.75 Å². The molecule has 21 heavy (non-hydrogen) atoms. The summed E-state index contributed by atoms with van der Waals surface area (Å²) in [5.74, 6) is 0.657. The van der Waals surface area contributed by atoms with Crippen LogP contribution in [0.3, 0.4) is 0 Å². The van der Waals surface area contributed by atoms with Crippen LogP contribution in [0.2, 0.25) is 0 Å². The van der Waals surface area contributed by atoms with Crippen molar-refractivity contribution in [2.24, 2.45) is 5.73 Å². The van der Waals surface area contributed by atoms with E-state index in [0.29, 0.717) is 17.9 Å². The monoisotopic (exact) mass is 296 g/mol. The Bertz CT molecular complexity index is 483. The Labute approximate surface area is 125 Å². The highest BCUT2D eigenvalue weighted by molar-refractivity contribution is 5.86. The summed E-state index contributed by atoms with van der Waals surface area (Å²) in [7, 11) is 1.56. The molecule has 0 aliphatic carbocycles. The van der Waals surface area contributed by atoms with Gasteiger partial charge in [0, 0.05) is 11.7 Å². The van der Waals surface area contributed by atoms with Gasteiger partial charge in [0.15, 0.2) is 0 Å². The Hall–Kier alpha value is -1.79. The summed E-state index contributed by atoms with van der Waals surface area (Å²) in [4.78, 5) is 11.8. The lowest BCUT2D eigenvalue weighted by Crippen LogP contribution is -2.29. The van der Waals surface area contributed by atoms with Crippen LogP contribution < -0.4 is 15.8 Å². The Kier molecular flexibility index (Phi) is 5.99. The number of carbonyl (C=O) groups excluding carboxylic acids is 1. The van der Waals surface area contributed by atoms with Gasteiger partial charge in [0.2, 0.25) is 0 Å². The molecule has 0 aliphatic heterocycles. The molecule has 1 aromatic carbocycles. The Morgan fingerprint density at radius 2 is 2.10 bits per heavy atom. The predicted molar refractivity (Wildman–Crippen MR) is 81.6 cm³/mol. The van der Waals surface area contributed by atoms with Gasteiger partial charge in [-0.25, -0.2) is 4.79 Å². The first-order valence-electron chi connectivity index (χ1n) is 6.78. The highest BCUT2D eigenvalue weighted by atomic mass is 16.6. The third-order valence-corrected chi connectivity index (χ3v) is 2.66. The first kappa shape index (κ1) is 17.3. The smallest absolute Gasteiger partial charge is 0.412 e. The van der Waals surface area contributed by atoms with Gasteiger partial charge in [-0.05, 0) is 51.0 Å². The number of methoxy groups -OCH3 is 1. The molecule has 1 atom stereocenters. The van der Waals surface area contributed by atoms with Crippen LogP contribution in [0.1, 0.15) is 26.3 Å². The molecule has 1 unspecified atom stereocenters. The minimum absolute atomic E-state index is 0.136. The fourth-order valence-electron chi connectivity index (χ4n) is 1.75. The molecule has 0 fully saturated rings. The zero-order valence-corrected chi connectivity index (χ0v) is 13.0. The largest absolute Gasteiger partial charge is 0.497 e. The number of ether oxygens (including phenoxy) is 2. The van der Waals surface area contributed by atoms with Gasteiger partial charge in [-0.3, -0.25) is 5.32 Å². The number of hydrogen-bond acceptors (Lipinski definition) is 5. The first-order chi connectivity index (χ1) is 9.75. The third kappa shape index (κ3) is 6.01. The topological polar surface area (TPSA) is 93.8 Å². The van der Waals surface area contributed by atoms with Crippen molar-refractivity contribution in [2.45, 2.75) is 38.8 Å². The van der Waals surface area contributed by atoms with Gasteiger partial charge >= 0.3 is 6.09 Å². The molecule has 0 saturated heterocycles. The molecule has 0 heterocycles. The number of rotatable bonds is 5. The minimum atomic E-state index is -0.571. The van der Waals surface area contributed by atoms with E-state index in [1.54, 1.807) is 46.1 Å². The van der Waals surface area contributed by atoms with Crippen LogP contribution in [0.4, 0.5) is 10.5 Å². The van der Waals surface area contributed by atoms with Gasteiger partial charge < -0.3 is 20.3 Å². The Morgan fingerprint density at radius 1 is 1.43 bits per heavy atom. The van der Waals surface area contributed by atoms with Crippen LogP contribution in [-0.2, 0) is 11.2 Å². The van der Waals surface area contributed by atoms with Crippen LogP contribution in [0, 0.1) is 0 Å². The van der Waals surface area contributed by atoms with Crippen molar-refractivity contribution >= 4 is 11.8 Å². The quantitative estimate of drug-likeness (QED) is 0.771. The van der Waals surface area contributed by atoms with Crippen LogP contribution in [-0.4, -0.2) is 36.6 Å². The molecule has 1 aromatic rings. The number of nitrogens with one attached hydrogen (secondary N) is 1. The number of amides is 1. The fraction of sp³-hybridized carbons (Fsp3) is 0.533. The third-order valence-electron chi connectivity index (χ3n) is 2.66. The summed E-state index contributed by atoms with van der Waals surface area (Å²) in [5, 5.41) is 11.8. The van der Waals surface area contributed by atoms with Crippen LogP contribution in [0.25, 0.3) is 0 Å². The lowest BCUT2D eigenvalue weighted by Gasteiger charge is -2.21. The molecule has 1 amide bonds. The van der Waals surface area contributed by atoms with E-state index in [4.69, 9.17) is 20.3 Å². The average Bonchev–Trinajstić information content (AvgIpc) is 2.38. The van der Waals surface area contributed by atoms with Crippen molar-refractivity contribution in [3.05, 3.63) is 23.8 Å². The minimum Gasteiger partial charge on any atom is -0.497 e. The zero-order valence-electron chi connectivity index (χ0n) is 13.0. The van der Waals surface area contributed by atoms with E-state index in [2.05, 4.69) is 5.32 Å². The van der Waals surface area contributed by atoms with E-state index in [1.807, 2.05) is 0 Å². The molecular formula is C15H24N2O4. The van der Waals surface area contributed by atoms with E-state index in [0.717, 1.165) is 5.56 Å². The van der Waals surface area contributed by atoms with Crippen LogP contribution >= 0.6 is 0 Å². The second-order valence-electron chi connectivity index (χ2n) is 5.80. The highest BCUT2D eigenvalue weighted by Crippen LogP contribution is 2.24. The van der Waals surface area contributed by atoms with E-state index >= 15 is 0 Å². The molecule has 0 aromatic heterocycles. The van der Waals surface area contributed by atoms with Crippen molar-refractivity contribution < 1.29 is 19.4 Å². The molecule has 4 N–H and O–H groups in total. The molecule has 0 saturated carbocycles. The van der Waals surface area contributed by atoms with Crippen LogP contribution in [0.5, 0.6) is 5.75 Å². The molecular weight excluding hydrogens is 272 g/mol. The lowest BCUT2D eigenvalue weighted by molar-refractivity contribution is 0.0635. The van der Waals surface area contributed by atoms with E-state index in [9.17, 15) is 4.79 Å². The average molecular weight is 296 g/mol. The molecule has 6 nitrogen and oxygen atoms in total. The molecule has 1 rings (SSSR count). The predicted octanol–water partition coefficient (Wildman–Crippen LogP) is 1.90. The fourth-order valence-corrected chi connectivity index (χ4v) is 1.75. The van der Waals surface area contributed by atoms with E-state index in [-0.39, 0.29) is 6.61 Å². The van der Waals surface area contributed by atoms with Gasteiger partial charge in [0.25, 0.3) is 0 Å². The molecule has 118 valence electrons. The van der Waals surface area contributed by atoms with Crippen molar-refractivity contribution in [1.82, 2.24) is 0 Å². The van der Waals surface area contributed by atoms with E-state index < -0.39 is 17.7 Å². The summed E-state index contributed by atoms with van der Waals surface area (Å²) in [6, 6.07) is 4.83. The van der Waals surface area contributed by atoms with Gasteiger partial charge in [-0.15, -0.1) is 0 Å². The Morgan fingerprint density at radius 3 is 2.62 bits per heavy atom. The second-order valence-corrected chi connectivity index (χ2v) is 5.80. The molecule has 0 aliphatic rings. The maximum absolute atomic E-state index is 11.8. The van der Waals surface area contributed by atoms with Crippen LogP contribution in [0.15, 0.2) is 18.2 Å². The van der Waals surface area contributed by atoms with E-state index in [1.165, 1.54) is 0 Å². The molecule has 0 bridgehead atoms. The molecule has 0 spiro atoms. The van der Waals surface area contributed by atoms with Gasteiger partial charge in [-0.2, -0.15) is 0 Å². The summed E-state index contributed by atoms with van der Waals surface area (Å²) < 4.78 is 10.4. The highest BCUT2D eigenvalue weighted by Gasteiger charge is 2.18. The summed E-state index contributed by atoms with van der Waals surface area (Å²) >= 11 is 0. The number of nitrogens with two attached hydrogens (primary N) is 1. The number of anilines is 1. The number of aliphatic hydroxyl groups is 1. The van der Waals surface area contributed by atoms with Gasteiger partial charge in [0.05, 0.1) is 13.7 Å². The normalized spacial score (nSPS) is 12.7. The molecule has 6 heteroatoms. The zero-order chi connectivity index (χ0) is 16.0. The molecule has 0 radical (unpaired) electrons. The van der Waals surface area contributed by atoms with Crippen molar-refractivity contribution in [1.29, 1.82) is 0 Å². The number of benzene rings is 1. The number of carbonyl (C=O) groups is 1. The lowest BCUT2D eigenvalue weighted by atomic mass is 10.0. The first-order valence-corrected chi connectivity index (χ1v) is 6.78. The summed E-state index contributed by atoms with van der Waals surface area (Å²) in [6.45, 7) is 5.25. The van der Waals surface area contributed by atoms with Gasteiger partial charge in [-0.1, -0.05) is 0 Å². The Balaban J connectivity index is 2.91. The summed E-state index contributed by atoms with van der Waals surface area (Å²) in [5.41, 5.74) is 6.56. The standard InChI is InChI=1S/C15H24N2O4/c1-15(2,3)21-14(19)17-13-6-5-12(20-4)8-10(13)7-11(16)9-18/h5-6,8,11,18H,7,9,16H2,1-4H3,(H,17,19). The maximum Gasteiger partial charge on any atom is 0.412 e. The van der Waals surface area contributed by atoms with Crippen molar-refractivity contribution in [3.63, 3.8) is 0 Å². The number of hydrogen-bond donors (Lipinski definition) is 3. The second kappa shape index (κ2) is 7.28. The summed E-state index contributed by atoms with van der Waals surface area (Å²) in [6.07, 6.45) is -0.120. The maximum atomic E-state index is 11.8. The number of aliphatic hydroxyl groups excluding tert-OH is 1. The SMILES string of the molecule is COc1ccc(NC(=O)OC(C)(C)C)c(CC(N)CO)c1. The van der Waals surface area contributed by atoms with Gasteiger partial charge in [0.1, 0.15) is 11.4 Å². The van der Waals surface area contributed by atoms with Crippen molar-refractivity contribution in [2.75, 3.05) is 19.0 Å².